The molecule has 2 aliphatic rings. The first-order valence-electron chi connectivity index (χ1n) is 11.3. The van der Waals surface area contributed by atoms with Gasteiger partial charge in [-0.3, -0.25) is 9.69 Å². The number of hydrogen-bond donors (Lipinski definition) is 0. The van der Waals surface area contributed by atoms with Gasteiger partial charge in [0.15, 0.2) is 0 Å². The molecule has 0 aliphatic carbocycles. The lowest BCUT2D eigenvalue weighted by Crippen LogP contribution is -2.60. The molecule has 0 radical (unpaired) electrons. The lowest BCUT2D eigenvalue weighted by Gasteiger charge is -2.49. The molecular weight excluding hydrogens is 376 g/mol. The van der Waals surface area contributed by atoms with E-state index in [1.165, 1.54) is 0 Å². The van der Waals surface area contributed by atoms with Crippen molar-refractivity contribution in [2.24, 2.45) is 0 Å². The fraction of sp³-hybridized carbons (Fsp3) is 0.640. The number of hydrogen-bond acceptors (Lipinski definition) is 4. The van der Waals surface area contributed by atoms with E-state index < -0.39 is 0 Å². The van der Waals surface area contributed by atoms with E-state index in [0.29, 0.717) is 6.61 Å². The van der Waals surface area contributed by atoms with Gasteiger partial charge in [-0.25, -0.2) is 0 Å². The maximum Gasteiger partial charge on any atom is 0.253 e. The van der Waals surface area contributed by atoms with Crippen molar-refractivity contribution in [3.05, 3.63) is 29.3 Å². The van der Waals surface area contributed by atoms with Crippen LogP contribution in [0.25, 0.3) is 0 Å². The predicted octanol–water partition coefficient (Wildman–Crippen LogP) is 3.89. The zero-order chi connectivity index (χ0) is 21.6. The molecule has 2 saturated heterocycles. The predicted molar refractivity (Wildman–Crippen MR) is 120 cm³/mol. The highest BCUT2D eigenvalue weighted by molar-refractivity contribution is 5.94. The van der Waals surface area contributed by atoms with Gasteiger partial charge in [0.2, 0.25) is 0 Å². The maximum absolute atomic E-state index is 13.1. The van der Waals surface area contributed by atoms with Crippen molar-refractivity contribution in [3.63, 3.8) is 0 Å². The minimum absolute atomic E-state index is 0.103. The van der Waals surface area contributed by atoms with Crippen LogP contribution in [0, 0.1) is 18.8 Å². The van der Waals surface area contributed by atoms with Gasteiger partial charge < -0.3 is 14.4 Å². The number of benzene rings is 1. The lowest BCUT2D eigenvalue weighted by atomic mass is 9.88. The van der Waals surface area contributed by atoms with Crippen LogP contribution in [0.3, 0.4) is 0 Å². The van der Waals surface area contributed by atoms with Gasteiger partial charge in [-0.05, 0) is 63.3 Å². The van der Waals surface area contributed by atoms with Gasteiger partial charge >= 0.3 is 0 Å². The molecule has 0 N–H and O–H groups in total. The quantitative estimate of drug-likeness (QED) is 0.665. The second-order valence-electron chi connectivity index (χ2n) is 8.55. The Bertz CT molecular complexity index is 787. The maximum atomic E-state index is 13.1. The molecule has 1 aromatic carbocycles. The number of carbonyl (C=O) groups excluding carboxylic acids is 1. The molecule has 164 valence electrons. The van der Waals surface area contributed by atoms with Crippen molar-refractivity contribution in [2.75, 3.05) is 39.3 Å². The van der Waals surface area contributed by atoms with E-state index in [1.54, 1.807) is 0 Å². The van der Waals surface area contributed by atoms with Gasteiger partial charge in [0.05, 0.1) is 24.9 Å². The van der Waals surface area contributed by atoms with Crippen LogP contribution in [0.4, 0.5) is 0 Å². The van der Waals surface area contributed by atoms with Gasteiger partial charge in [0.1, 0.15) is 5.75 Å². The number of likely N-dealkylation sites (tertiary alicyclic amines) is 1. The fourth-order valence-electron chi connectivity index (χ4n) is 4.44. The van der Waals surface area contributed by atoms with Crippen molar-refractivity contribution in [1.29, 1.82) is 0 Å². The first-order chi connectivity index (χ1) is 14.5. The average molecular weight is 413 g/mol. The number of ether oxygens (including phenoxy) is 2. The Kier molecular flexibility index (Phi) is 7.80. The SMILES string of the molecule is CC#CCN1CC(CC)OC2(CCN(C(=O)c3ccc(OCCC)c(C)c3)CC2)C1. The number of carbonyl (C=O) groups is 1. The molecule has 1 spiro atoms. The largest absolute Gasteiger partial charge is 0.493 e. The van der Waals surface area contributed by atoms with E-state index in [4.69, 9.17) is 9.47 Å². The Hall–Kier alpha value is -2.03. The van der Waals surface area contributed by atoms with Crippen molar-refractivity contribution >= 4 is 5.91 Å². The van der Waals surface area contributed by atoms with Gasteiger partial charge in [0.25, 0.3) is 5.91 Å². The second-order valence-corrected chi connectivity index (χ2v) is 8.55. The first kappa shape index (κ1) is 22.7. The van der Waals surface area contributed by atoms with Crippen molar-refractivity contribution < 1.29 is 14.3 Å². The summed E-state index contributed by atoms with van der Waals surface area (Å²) in [6, 6.07) is 5.76. The summed E-state index contributed by atoms with van der Waals surface area (Å²) >= 11 is 0. The van der Waals surface area contributed by atoms with Crippen molar-refractivity contribution in [3.8, 4) is 17.6 Å². The summed E-state index contributed by atoms with van der Waals surface area (Å²) in [5.41, 5.74) is 1.60. The molecule has 0 bridgehead atoms. The van der Waals surface area contributed by atoms with Crippen LogP contribution in [-0.4, -0.2) is 66.7 Å². The zero-order valence-electron chi connectivity index (χ0n) is 19.0. The summed E-state index contributed by atoms with van der Waals surface area (Å²) in [5, 5.41) is 0. The molecule has 2 heterocycles. The normalized spacial score (nSPS) is 21.2. The molecule has 5 nitrogen and oxygen atoms in total. The fourth-order valence-corrected chi connectivity index (χ4v) is 4.44. The minimum Gasteiger partial charge on any atom is -0.493 e. The summed E-state index contributed by atoms with van der Waals surface area (Å²) < 4.78 is 12.3. The van der Waals surface area contributed by atoms with E-state index in [0.717, 1.165) is 75.3 Å². The second kappa shape index (κ2) is 10.3. The van der Waals surface area contributed by atoms with E-state index in [9.17, 15) is 4.79 Å². The summed E-state index contributed by atoms with van der Waals surface area (Å²) in [4.78, 5) is 17.5. The highest BCUT2D eigenvalue weighted by Gasteiger charge is 2.43. The summed E-state index contributed by atoms with van der Waals surface area (Å²) in [5.74, 6) is 7.17. The third kappa shape index (κ3) is 5.36. The Balaban J connectivity index is 1.63. The molecule has 1 aromatic rings. The number of nitrogens with zero attached hydrogens (tertiary/aromatic N) is 2. The Morgan fingerprint density at radius 1 is 1.30 bits per heavy atom. The topological polar surface area (TPSA) is 42.0 Å². The summed E-state index contributed by atoms with van der Waals surface area (Å²) in [6.45, 7) is 13.0. The first-order valence-corrected chi connectivity index (χ1v) is 11.3. The molecule has 2 aliphatic heterocycles. The average Bonchev–Trinajstić information content (AvgIpc) is 2.76. The van der Waals surface area contributed by atoms with Crippen LogP contribution < -0.4 is 4.74 Å². The van der Waals surface area contributed by atoms with Crippen LogP contribution in [0.5, 0.6) is 5.75 Å². The number of rotatable bonds is 6. The number of morpholine rings is 1. The van der Waals surface area contributed by atoms with Gasteiger partial charge in [-0.1, -0.05) is 19.8 Å². The zero-order valence-corrected chi connectivity index (χ0v) is 19.0. The van der Waals surface area contributed by atoms with Crippen LogP contribution >= 0.6 is 0 Å². The minimum atomic E-state index is -0.154. The molecule has 1 amide bonds. The molecule has 0 saturated carbocycles. The molecule has 30 heavy (non-hydrogen) atoms. The highest BCUT2D eigenvalue weighted by atomic mass is 16.5. The Morgan fingerprint density at radius 3 is 2.70 bits per heavy atom. The number of piperidine rings is 1. The molecule has 0 aromatic heterocycles. The van der Waals surface area contributed by atoms with Gasteiger partial charge in [-0.15, -0.1) is 5.92 Å². The molecule has 1 unspecified atom stereocenters. The Morgan fingerprint density at radius 2 is 2.07 bits per heavy atom. The monoisotopic (exact) mass is 412 g/mol. The smallest absolute Gasteiger partial charge is 0.253 e. The number of amides is 1. The van der Waals surface area contributed by atoms with Gasteiger partial charge in [-0.2, -0.15) is 0 Å². The highest BCUT2D eigenvalue weighted by Crippen LogP contribution is 2.33. The summed E-state index contributed by atoms with van der Waals surface area (Å²) in [6.07, 6.45) is 3.98. The lowest BCUT2D eigenvalue weighted by molar-refractivity contribution is -0.171. The van der Waals surface area contributed by atoms with Crippen LogP contribution in [0.1, 0.15) is 62.4 Å². The standard InChI is InChI=1S/C25H36N2O3/c1-5-8-13-26-18-22(7-3)30-25(19-26)11-14-27(15-12-25)24(28)21-9-10-23(20(4)17-21)29-16-6-2/h9-10,17,22H,6-7,11-16,18-19H2,1-4H3. The molecule has 3 rings (SSSR count). The van der Waals surface area contributed by atoms with Crippen molar-refractivity contribution in [1.82, 2.24) is 9.80 Å². The van der Waals surface area contributed by atoms with E-state index in [-0.39, 0.29) is 17.6 Å². The van der Waals surface area contributed by atoms with E-state index in [1.807, 2.05) is 36.9 Å². The molecule has 5 heteroatoms. The Labute approximate surface area is 181 Å². The molecule has 1 atom stereocenters. The third-order valence-corrected chi connectivity index (χ3v) is 6.17. The van der Waals surface area contributed by atoms with E-state index in [2.05, 4.69) is 30.6 Å². The number of aryl methyl sites for hydroxylation is 1. The molecule has 2 fully saturated rings. The van der Waals surface area contributed by atoms with Crippen LogP contribution in [0.15, 0.2) is 18.2 Å². The van der Waals surface area contributed by atoms with E-state index >= 15 is 0 Å². The van der Waals surface area contributed by atoms with Crippen LogP contribution in [0.2, 0.25) is 0 Å². The molecular formula is C25H36N2O3. The third-order valence-electron chi connectivity index (χ3n) is 6.17. The van der Waals surface area contributed by atoms with Crippen molar-refractivity contribution in [2.45, 2.75) is 65.1 Å². The summed E-state index contributed by atoms with van der Waals surface area (Å²) in [7, 11) is 0. The van der Waals surface area contributed by atoms with Crippen LogP contribution in [-0.2, 0) is 4.74 Å². The van der Waals surface area contributed by atoms with Gasteiger partial charge in [0, 0.05) is 31.7 Å².